The van der Waals surface area contributed by atoms with Gasteiger partial charge in [0.15, 0.2) is 0 Å². The van der Waals surface area contributed by atoms with Crippen molar-refractivity contribution in [3.05, 3.63) is 35.4 Å². The van der Waals surface area contributed by atoms with Crippen LogP contribution in [0.3, 0.4) is 0 Å². The number of carbonyl (C=O) groups excluding carboxylic acids is 1. The molecule has 23 heavy (non-hydrogen) atoms. The molecule has 1 aliphatic rings. The van der Waals surface area contributed by atoms with Gasteiger partial charge in [0.25, 0.3) is 0 Å². The number of hydrogen-bond donors (Lipinski definition) is 2. The predicted octanol–water partition coefficient (Wildman–Crippen LogP) is 3.37. The van der Waals surface area contributed by atoms with Crippen LogP contribution in [0.15, 0.2) is 18.2 Å². The van der Waals surface area contributed by atoms with Crippen LogP contribution in [0.4, 0.5) is 8.78 Å². The van der Waals surface area contributed by atoms with E-state index in [0.717, 1.165) is 12.5 Å². The molecular weight excluding hydrogens is 322 g/mol. The van der Waals surface area contributed by atoms with Crippen LogP contribution < -0.4 is 11.1 Å². The molecule has 3 N–H and O–H groups in total. The summed E-state index contributed by atoms with van der Waals surface area (Å²) in [7, 11) is 0. The Hall–Kier alpha value is -1.20. The summed E-state index contributed by atoms with van der Waals surface area (Å²) in [5, 5.41) is 3.01. The average Bonchev–Trinajstić information content (AvgIpc) is 3.18. The Morgan fingerprint density at radius 1 is 1.43 bits per heavy atom. The largest absolute Gasteiger partial charge is 0.349 e. The van der Waals surface area contributed by atoms with Crippen LogP contribution in [0.25, 0.3) is 0 Å². The number of halogens is 3. The lowest BCUT2D eigenvalue weighted by Gasteiger charge is -2.31. The summed E-state index contributed by atoms with van der Waals surface area (Å²) in [6.45, 7) is 6.45. The highest BCUT2D eigenvalue weighted by Crippen LogP contribution is 2.48. The van der Waals surface area contributed by atoms with Gasteiger partial charge in [0.2, 0.25) is 5.91 Å². The summed E-state index contributed by atoms with van der Waals surface area (Å²) in [6, 6.07) is 3.53. The quantitative estimate of drug-likeness (QED) is 0.829. The molecule has 1 aliphatic carbocycles. The third-order valence-electron chi connectivity index (χ3n) is 4.22. The second kappa shape index (κ2) is 7.58. The zero-order valence-corrected chi connectivity index (χ0v) is 14.6. The molecule has 0 heterocycles. The minimum Gasteiger partial charge on any atom is -0.349 e. The molecule has 130 valence electrons. The molecule has 0 radical (unpaired) electrons. The van der Waals surface area contributed by atoms with E-state index in [0.29, 0.717) is 24.4 Å². The van der Waals surface area contributed by atoms with Crippen LogP contribution in [0.5, 0.6) is 0 Å². The maximum atomic E-state index is 13.8. The maximum Gasteiger partial charge on any atom is 0.224 e. The Kier molecular flexibility index (Phi) is 6.54. The smallest absolute Gasteiger partial charge is 0.224 e. The summed E-state index contributed by atoms with van der Waals surface area (Å²) in [6.07, 6.45) is 1.38. The zero-order chi connectivity index (χ0) is 16.5. The molecule has 1 aromatic rings. The Bertz CT molecular complexity index is 568. The number of carbonyl (C=O) groups is 1. The molecule has 1 fully saturated rings. The van der Waals surface area contributed by atoms with Crippen LogP contribution in [0.1, 0.15) is 45.1 Å². The molecule has 3 nitrogen and oxygen atoms in total. The molecule has 0 saturated heterocycles. The molecule has 3 atom stereocenters. The topological polar surface area (TPSA) is 55.1 Å². The van der Waals surface area contributed by atoms with Crippen molar-refractivity contribution in [3.8, 4) is 0 Å². The Morgan fingerprint density at radius 3 is 2.61 bits per heavy atom. The monoisotopic (exact) mass is 346 g/mol. The minimum absolute atomic E-state index is 0. The molecule has 0 spiro atoms. The zero-order valence-electron chi connectivity index (χ0n) is 13.7. The lowest BCUT2D eigenvalue weighted by atomic mass is 9.90. The van der Waals surface area contributed by atoms with Crippen molar-refractivity contribution in [2.45, 2.75) is 45.1 Å². The van der Waals surface area contributed by atoms with Gasteiger partial charge in [-0.2, -0.15) is 0 Å². The van der Waals surface area contributed by atoms with E-state index in [2.05, 4.69) is 19.2 Å². The highest BCUT2D eigenvalue weighted by molar-refractivity contribution is 5.85. The summed E-state index contributed by atoms with van der Waals surface area (Å²) < 4.78 is 26.7. The van der Waals surface area contributed by atoms with Gasteiger partial charge >= 0.3 is 0 Å². The number of amides is 1. The fourth-order valence-corrected chi connectivity index (χ4v) is 3.11. The van der Waals surface area contributed by atoms with E-state index in [1.165, 1.54) is 12.1 Å². The van der Waals surface area contributed by atoms with Crippen LogP contribution in [0, 0.1) is 23.5 Å². The first-order valence-electron chi connectivity index (χ1n) is 7.73. The van der Waals surface area contributed by atoms with Gasteiger partial charge in [-0.1, -0.05) is 19.9 Å². The first kappa shape index (κ1) is 19.8. The van der Waals surface area contributed by atoms with Crippen molar-refractivity contribution in [2.24, 2.45) is 17.6 Å². The predicted molar refractivity (Wildman–Crippen MR) is 89.5 cm³/mol. The molecule has 0 aromatic heterocycles. The molecular formula is C17H25ClF2N2O. The third-order valence-corrected chi connectivity index (χ3v) is 4.22. The second-order valence-electron chi connectivity index (χ2n) is 6.97. The van der Waals surface area contributed by atoms with Gasteiger partial charge in [0.05, 0.1) is 0 Å². The van der Waals surface area contributed by atoms with Crippen molar-refractivity contribution in [1.82, 2.24) is 5.32 Å². The van der Waals surface area contributed by atoms with Gasteiger partial charge in [0.1, 0.15) is 11.6 Å². The standard InChI is InChI=1S/C17H24F2N2O.ClH/c1-10(2)8-17(3,9-20)21-16(22)14-7-13(14)12-5-4-11(18)6-15(12)19;/h4-6,10,13-14H,7-9,20H2,1-3H3,(H,21,22);1H. The van der Waals surface area contributed by atoms with Crippen molar-refractivity contribution in [1.29, 1.82) is 0 Å². The first-order valence-corrected chi connectivity index (χ1v) is 7.73. The Labute approximate surface area is 142 Å². The van der Waals surface area contributed by atoms with E-state index in [4.69, 9.17) is 5.73 Å². The normalized spacial score (nSPS) is 22.2. The van der Waals surface area contributed by atoms with Crippen molar-refractivity contribution in [2.75, 3.05) is 6.54 Å². The maximum absolute atomic E-state index is 13.8. The average molecular weight is 347 g/mol. The number of benzene rings is 1. The van der Waals surface area contributed by atoms with Crippen LogP contribution in [0.2, 0.25) is 0 Å². The van der Waals surface area contributed by atoms with E-state index in [9.17, 15) is 13.6 Å². The minimum atomic E-state index is -0.601. The Morgan fingerprint density at radius 2 is 2.09 bits per heavy atom. The van der Waals surface area contributed by atoms with Gasteiger partial charge in [0, 0.05) is 24.1 Å². The molecule has 0 aliphatic heterocycles. The Balaban J connectivity index is 0.00000264. The summed E-state index contributed by atoms with van der Waals surface area (Å²) in [4.78, 5) is 12.4. The molecule has 1 saturated carbocycles. The number of nitrogens with one attached hydrogen (secondary N) is 1. The van der Waals surface area contributed by atoms with E-state index in [-0.39, 0.29) is 30.2 Å². The number of nitrogens with two attached hydrogens (primary N) is 1. The van der Waals surface area contributed by atoms with Crippen LogP contribution in [-0.2, 0) is 4.79 Å². The van der Waals surface area contributed by atoms with Gasteiger partial charge in [-0.15, -0.1) is 12.4 Å². The highest BCUT2D eigenvalue weighted by atomic mass is 35.5. The highest BCUT2D eigenvalue weighted by Gasteiger charge is 2.46. The van der Waals surface area contributed by atoms with Crippen molar-refractivity contribution >= 4 is 18.3 Å². The van der Waals surface area contributed by atoms with E-state index in [1.807, 2.05) is 6.92 Å². The first-order chi connectivity index (χ1) is 10.3. The van der Waals surface area contributed by atoms with Gasteiger partial charge in [-0.25, -0.2) is 8.78 Å². The fourth-order valence-electron chi connectivity index (χ4n) is 3.11. The molecule has 1 amide bonds. The number of hydrogen-bond acceptors (Lipinski definition) is 2. The fraction of sp³-hybridized carbons (Fsp3) is 0.588. The van der Waals surface area contributed by atoms with Crippen molar-refractivity contribution in [3.63, 3.8) is 0 Å². The SMILES string of the molecule is CC(C)CC(C)(CN)NC(=O)C1CC1c1ccc(F)cc1F.Cl. The van der Waals surface area contributed by atoms with E-state index >= 15 is 0 Å². The van der Waals surface area contributed by atoms with Crippen LogP contribution >= 0.6 is 12.4 Å². The van der Waals surface area contributed by atoms with Crippen LogP contribution in [-0.4, -0.2) is 18.0 Å². The van der Waals surface area contributed by atoms with Gasteiger partial charge in [-0.05, 0) is 43.2 Å². The molecule has 0 bridgehead atoms. The van der Waals surface area contributed by atoms with E-state index < -0.39 is 17.2 Å². The molecule has 2 rings (SSSR count). The number of rotatable bonds is 6. The van der Waals surface area contributed by atoms with Gasteiger partial charge < -0.3 is 11.1 Å². The lowest BCUT2D eigenvalue weighted by molar-refractivity contribution is -0.124. The summed E-state index contributed by atoms with van der Waals surface area (Å²) >= 11 is 0. The van der Waals surface area contributed by atoms with E-state index in [1.54, 1.807) is 0 Å². The molecule has 1 aromatic carbocycles. The summed E-state index contributed by atoms with van der Waals surface area (Å²) in [5.74, 6) is -1.28. The second-order valence-corrected chi connectivity index (χ2v) is 6.97. The molecule has 3 unspecified atom stereocenters. The lowest BCUT2D eigenvalue weighted by Crippen LogP contribution is -2.52. The third kappa shape index (κ3) is 4.88. The molecule has 6 heteroatoms. The summed E-state index contributed by atoms with van der Waals surface area (Å²) in [5.41, 5.74) is 5.77. The van der Waals surface area contributed by atoms with Gasteiger partial charge in [-0.3, -0.25) is 4.79 Å². The van der Waals surface area contributed by atoms with Crippen molar-refractivity contribution < 1.29 is 13.6 Å².